The smallest absolute Gasteiger partial charge is 0.324 e. The lowest BCUT2D eigenvalue weighted by Gasteiger charge is -2.20. The maximum Gasteiger partial charge on any atom is 0.418 e. The van der Waals surface area contributed by atoms with Gasteiger partial charge in [-0.1, -0.05) is 53.7 Å². The number of carbonyl (C=O) groups is 1. The molecule has 1 aliphatic rings. The molecular weight excluding hydrogens is 515 g/mol. The number of fused-ring (bicyclic) bond motifs is 3. The first-order chi connectivity index (χ1) is 16.7. The maximum absolute atomic E-state index is 13.6. The average Bonchev–Trinajstić information content (AvgIpc) is 3.39. The summed E-state index contributed by atoms with van der Waals surface area (Å²) in [6.07, 6.45) is -1.68. The topological polar surface area (TPSA) is 54.9 Å². The number of alkyl halides is 3. The van der Waals surface area contributed by atoms with Crippen molar-refractivity contribution in [3.05, 3.63) is 80.9 Å². The average molecular weight is 534 g/mol. The van der Waals surface area contributed by atoms with Gasteiger partial charge in [0.15, 0.2) is 0 Å². The van der Waals surface area contributed by atoms with Crippen LogP contribution in [0, 0.1) is 6.92 Å². The van der Waals surface area contributed by atoms with Crippen LogP contribution in [0.25, 0.3) is 10.2 Å². The highest BCUT2D eigenvalue weighted by molar-refractivity contribution is 8.00. The minimum Gasteiger partial charge on any atom is -0.324 e. The van der Waals surface area contributed by atoms with Crippen molar-refractivity contribution in [1.82, 2.24) is 9.97 Å². The summed E-state index contributed by atoms with van der Waals surface area (Å²) < 4.78 is 40.9. The summed E-state index contributed by atoms with van der Waals surface area (Å²) in [5.41, 5.74) is 0.547. The molecule has 0 fully saturated rings. The molecular formula is C25H19ClF3N3OS2. The number of rotatable bonds is 5. The first-order valence-corrected chi connectivity index (χ1v) is 13.0. The largest absolute Gasteiger partial charge is 0.418 e. The zero-order valence-corrected chi connectivity index (χ0v) is 20.8. The van der Waals surface area contributed by atoms with E-state index in [2.05, 4.69) is 15.3 Å². The number of hydrogen-bond donors (Lipinski definition) is 1. The Balaban J connectivity index is 1.55. The number of anilines is 1. The quantitative estimate of drug-likeness (QED) is 0.212. The fourth-order valence-electron chi connectivity index (χ4n) is 4.22. The first kappa shape index (κ1) is 24.1. The summed E-state index contributed by atoms with van der Waals surface area (Å²) in [7, 11) is 0. The molecule has 0 unspecified atom stereocenters. The van der Waals surface area contributed by atoms with Gasteiger partial charge in [0.25, 0.3) is 0 Å². The van der Waals surface area contributed by atoms with E-state index in [1.54, 1.807) is 42.5 Å². The molecule has 1 aliphatic carbocycles. The molecule has 10 heteroatoms. The number of amides is 1. The maximum atomic E-state index is 13.6. The van der Waals surface area contributed by atoms with Crippen molar-refractivity contribution in [3.63, 3.8) is 0 Å². The van der Waals surface area contributed by atoms with Crippen LogP contribution < -0.4 is 5.32 Å². The fraction of sp³-hybridized carbons (Fsp3) is 0.240. The molecule has 180 valence electrons. The van der Waals surface area contributed by atoms with E-state index in [-0.39, 0.29) is 10.7 Å². The van der Waals surface area contributed by atoms with Crippen LogP contribution in [0.4, 0.5) is 18.9 Å². The number of carbonyl (C=O) groups excluding carboxylic acids is 1. The van der Waals surface area contributed by atoms with Crippen LogP contribution in [0.2, 0.25) is 5.02 Å². The lowest BCUT2D eigenvalue weighted by atomic mass is 10.1. The van der Waals surface area contributed by atoms with Crippen molar-refractivity contribution in [1.29, 1.82) is 0 Å². The van der Waals surface area contributed by atoms with E-state index < -0.39 is 22.9 Å². The Kier molecular flexibility index (Phi) is 6.50. The Morgan fingerprint density at radius 2 is 1.91 bits per heavy atom. The van der Waals surface area contributed by atoms with Crippen LogP contribution in [0.5, 0.6) is 0 Å². The van der Waals surface area contributed by atoms with E-state index in [4.69, 9.17) is 11.6 Å². The molecule has 1 N–H and O–H groups in total. The summed E-state index contributed by atoms with van der Waals surface area (Å²) in [4.78, 5) is 24.9. The minimum absolute atomic E-state index is 0.0607. The molecule has 2 aromatic heterocycles. The van der Waals surface area contributed by atoms with Gasteiger partial charge in [0.05, 0.1) is 11.3 Å². The third-order valence-electron chi connectivity index (χ3n) is 5.76. The van der Waals surface area contributed by atoms with Crippen LogP contribution in [0.3, 0.4) is 0 Å². The standard InChI is InChI=1S/C25H19ClF3N3OS2/c1-13-30-23-20(16-8-5-9-19(16)34-23)24(31-13)35-21(14-6-3-2-4-7-14)22(33)32-18-11-10-15(26)12-17(18)25(27,28)29/h2-4,6-7,10-12,21H,5,8-9H2,1H3,(H,32,33)/t21-/m1/s1. The number of benzene rings is 2. The highest BCUT2D eigenvalue weighted by Crippen LogP contribution is 2.45. The number of thioether (sulfide) groups is 1. The molecule has 0 saturated heterocycles. The Morgan fingerprint density at radius 1 is 1.14 bits per heavy atom. The Hall–Kier alpha value is -2.62. The predicted molar refractivity (Wildman–Crippen MR) is 134 cm³/mol. The van der Waals surface area contributed by atoms with E-state index in [9.17, 15) is 18.0 Å². The summed E-state index contributed by atoms with van der Waals surface area (Å²) in [6.45, 7) is 1.80. The van der Waals surface area contributed by atoms with Crippen molar-refractivity contribution >= 4 is 56.5 Å². The van der Waals surface area contributed by atoms with Gasteiger partial charge in [0.2, 0.25) is 5.91 Å². The van der Waals surface area contributed by atoms with Crippen molar-refractivity contribution < 1.29 is 18.0 Å². The summed E-state index contributed by atoms with van der Waals surface area (Å²) in [6, 6.07) is 12.3. The zero-order valence-electron chi connectivity index (χ0n) is 18.4. The predicted octanol–water partition coefficient (Wildman–Crippen LogP) is 7.63. The number of thiophene rings is 1. The van der Waals surface area contributed by atoms with Gasteiger partial charge < -0.3 is 5.32 Å². The molecule has 0 spiro atoms. The number of nitrogens with zero attached hydrogens (tertiary/aromatic N) is 2. The van der Waals surface area contributed by atoms with E-state index in [0.717, 1.165) is 35.5 Å². The highest BCUT2D eigenvalue weighted by Gasteiger charge is 2.35. The highest BCUT2D eigenvalue weighted by atomic mass is 35.5. The molecule has 1 atom stereocenters. The molecule has 0 bridgehead atoms. The van der Waals surface area contributed by atoms with Gasteiger partial charge >= 0.3 is 6.18 Å². The van der Waals surface area contributed by atoms with Crippen LogP contribution in [0.15, 0.2) is 53.6 Å². The monoisotopic (exact) mass is 533 g/mol. The molecule has 1 amide bonds. The first-order valence-electron chi connectivity index (χ1n) is 10.9. The normalized spacial score (nSPS) is 14.2. The van der Waals surface area contributed by atoms with Gasteiger partial charge in [-0.25, -0.2) is 9.97 Å². The fourth-order valence-corrected chi connectivity index (χ4v) is 6.97. The Labute approximate surface area is 212 Å². The van der Waals surface area contributed by atoms with Gasteiger partial charge in [0.1, 0.15) is 20.9 Å². The van der Waals surface area contributed by atoms with Gasteiger partial charge in [-0.15, -0.1) is 11.3 Å². The second-order valence-electron chi connectivity index (χ2n) is 8.20. The van der Waals surface area contributed by atoms with Gasteiger partial charge in [-0.3, -0.25) is 4.79 Å². The molecule has 4 aromatic rings. The summed E-state index contributed by atoms with van der Waals surface area (Å²) in [5, 5.41) is 3.22. The van der Waals surface area contributed by atoms with Crippen molar-refractivity contribution in [3.8, 4) is 0 Å². The van der Waals surface area contributed by atoms with Gasteiger partial charge in [-0.2, -0.15) is 13.2 Å². The molecule has 0 radical (unpaired) electrons. The molecule has 35 heavy (non-hydrogen) atoms. The number of hydrogen-bond acceptors (Lipinski definition) is 5. The van der Waals surface area contributed by atoms with Gasteiger partial charge in [-0.05, 0) is 55.5 Å². The molecule has 0 aliphatic heterocycles. The summed E-state index contributed by atoms with van der Waals surface area (Å²) >= 11 is 8.69. The van der Waals surface area contributed by atoms with E-state index in [1.807, 2.05) is 6.07 Å². The molecule has 2 heterocycles. The van der Waals surface area contributed by atoms with Crippen LogP contribution in [0.1, 0.15) is 39.1 Å². The summed E-state index contributed by atoms with van der Waals surface area (Å²) in [5.74, 6) is 0.00881. The molecule has 5 rings (SSSR count). The van der Waals surface area contributed by atoms with Crippen molar-refractivity contribution in [2.24, 2.45) is 0 Å². The Bertz CT molecular complexity index is 1420. The van der Waals surface area contributed by atoms with Crippen LogP contribution in [-0.4, -0.2) is 15.9 Å². The molecule has 0 saturated carbocycles. The third kappa shape index (κ3) is 4.90. The number of halogens is 4. The minimum atomic E-state index is -4.67. The number of nitrogens with one attached hydrogen (secondary N) is 1. The lowest BCUT2D eigenvalue weighted by molar-refractivity contribution is -0.137. The zero-order chi connectivity index (χ0) is 24.7. The molecule has 4 nitrogen and oxygen atoms in total. The lowest BCUT2D eigenvalue weighted by Crippen LogP contribution is -2.21. The van der Waals surface area contributed by atoms with Crippen molar-refractivity contribution in [2.75, 3.05) is 5.32 Å². The molecule has 2 aromatic carbocycles. The van der Waals surface area contributed by atoms with E-state index >= 15 is 0 Å². The third-order valence-corrected chi connectivity index (χ3v) is 8.42. The second-order valence-corrected chi connectivity index (χ2v) is 10.8. The van der Waals surface area contributed by atoms with E-state index in [1.165, 1.54) is 34.3 Å². The SMILES string of the molecule is Cc1nc(S[C@@H](C(=O)Nc2ccc(Cl)cc2C(F)(F)F)c2ccccc2)c2c3c(sc2n1)CCC3. The number of aryl methyl sites for hydroxylation is 3. The Morgan fingerprint density at radius 3 is 2.66 bits per heavy atom. The van der Waals surface area contributed by atoms with Gasteiger partial charge in [0, 0.05) is 15.3 Å². The van der Waals surface area contributed by atoms with Crippen LogP contribution in [-0.2, 0) is 23.8 Å². The van der Waals surface area contributed by atoms with E-state index in [0.29, 0.717) is 16.4 Å². The van der Waals surface area contributed by atoms with Crippen LogP contribution >= 0.6 is 34.7 Å². The number of aromatic nitrogens is 2. The van der Waals surface area contributed by atoms with Crippen molar-refractivity contribution in [2.45, 2.75) is 42.6 Å². The second kappa shape index (κ2) is 9.44.